The first-order valence-electron chi connectivity index (χ1n) is 7.00. The SMILES string of the molecule is CCCn1nc(-c2cccc(OCC)c2)cc(C=O)c1=O. The van der Waals surface area contributed by atoms with Gasteiger partial charge in [-0.3, -0.25) is 9.59 Å². The maximum Gasteiger partial charge on any atom is 0.277 e. The molecule has 21 heavy (non-hydrogen) atoms. The number of carbonyl (C=O) groups is 1. The van der Waals surface area contributed by atoms with Gasteiger partial charge in [-0.2, -0.15) is 5.10 Å². The van der Waals surface area contributed by atoms with Crippen LogP contribution in [0.1, 0.15) is 30.6 Å². The number of carbonyl (C=O) groups excluding carboxylic acids is 1. The van der Waals surface area contributed by atoms with E-state index in [1.54, 1.807) is 0 Å². The molecule has 0 saturated heterocycles. The zero-order chi connectivity index (χ0) is 15.2. The lowest BCUT2D eigenvalue weighted by atomic mass is 10.1. The molecule has 0 aliphatic carbocycles. The summed E-state index contributed by atoms with van der Waals surface area (Å²) in [5.41, 5.74) is 1.17. The molecule has 0 N–H and O–H groups in total. The van der Waals surface area contributed by atoms with Crippen LogP contribution in [-0.4, -0.2) is 22.7 Å². The first-order valence-corrected chi connectivity index (χ1v) is 7.00. The number of benzene rings is 1. The molecule has 2 rings (SSSR count). The van der Waals surface area contributed by atoms with Crippen molar-refractivity contribution in [1.29, 1.82) is 0 Å². The van der Waals surface area contributed by atoms with Crippen LogP contribution in [0.5, 0.6) is 5.75 Å². The number of hydrogen-bond donors (Lipinski definition) is 0. The van der Waals surface area contributed by atoms with E-state index in [1.807, 2.05) is 38.1 Å². The lowest BCUT2D eigenvalue weighted by Gasteiger charge is -2.09. The maximum absolute atomic E-state index is 12.0. The van der Waals surface area contributed by atoms with Gasteiger partial charge in [0.25, 0.3) is 5.56 Å². The Balaban J connectivity index is 2.52. The minimum atomic E-state index is -0.350. The molecule has 110 valence electrons. The highest BCUT2D eigenvalue weighted by Crippen LogP contribution is 2.22. The van der Waals surface area contributed by atoms with Crippen LogP contribution in [-0.2, 0) is 6.54 Å². The molecule has 2 aromatic rings. The first-order chi connectivity index (χ1) is 10.2. The molecule has 0 amide bonds. The van der Waals surface area contributed by atoms with Crippen molar-refractivity contribution >= 4 is 6.29 Å². The molecule has 0 fully saturated rings. The summed E-state index contributed by atoms with van der Waals surface area (Å²) in [5.74, 6) is 0.734. The van der Waals surface area contributed by atoms with Crippen LogP contribution in [0.3, 0.4) is 0 Å². The molecule has 0 bridgehead atoms. The van der Waals surface area contributed by atoms with Gasteiger partial charge < -0.3 is 4.74 Å². The van der Waals surface area contributed by atoms with Crippen molar-refractivity contribution in [3.8, 4) is 17.0 Å². The normalized spacial score (nSPS) is 10.4. The van der Waals surface area contributed by atoms with Gasteiger partial charge in [0.2, 0.25) is 0 Å². The zero-order valence-corrected chi connectivity index (χ0v) is 12.2. The van der Waals surface area contributed by atoms with Gasteiger partial charge in [0.15, 0.2) is 6.29 Å². The molecule has 0 radical (unpaired) electrons. The Morgan fingerprint density at radius 3 is 2.76 bits per heavy atom. The highest BCUT2D eigenvalue weighted by molar-refractivity contribution is 5.77. The number of aromatic nitrogens is 2. The Bertz CT molecular complexity index is 692. The Morgan fingerprint density at radius 1 is 1.29 bits per heavy atom. The topological polar surface area (TPSA) is 61.2 Å². The van der Waals surface area contributed by atoms with Crippen molar-refractivity contribution in [3.63, 3.8) is 0 Å². The van der Waals surface area contributed by atoms with Gasteiger partial charge in [-0.25, -0.2) is 4.68 Å². The number of nitrogens with zero attached hydrogens (tertiary/aromatic N) is 2. The molecular weight excluding hydrogens is 268 g/mol. The van der Waals surface area contributed by atoms with Gasteiger partial charge >= 0.3 is 0 Å². The monoisotopic (exact) mass is 286 g/mol. The predicted molar refractivity (Wildman–Crippen MR) is 80.8 cm³/mol. The molecular formula is C16H18N2O3. The number of aryl methyl sites for hydroxylation is 1. The van der Waals surface area contributed by atoms with Crippen molar-refractivity contribution in [2.75, 3.05) is 6.61 Å². The van der Waals surface area contributed by atoms with E-state index >= 15 is 0 Å². The first kappa shape index (κ1) is 15.0. The molecule has 0 aliphatic heterocycles. The highest BCUT2D eigenvalue weighted by atomic mass is 16.5. The maximum atomic E-state index is 12.0. The Hall–Kier alpha value is -2.43. The summed E-state index contributed by atoms with van der Waals surface area (Å²) in [5, 5.41) is 4.33. The zero-order valence-electron chi connectivity index (χ0n) is 12.2. The summed E-state index contributed by atoms with van der Waals surface area (Å²) < 4.78 is 6.80. The molecule has 1 heterocycles. The molecule has 0 aliphatic rings. The van der Waals surface area contributed by atoms with Gasteiger partial charge in [0.1, 0.15) is 5.75 Å². The summed E-state index contributed by atoms with van der Waals surface area (Å²) in [6, 6.07) is 8.96. The van der Waals surface area contributed by atoms with Crippen molar-refractivity contribution in [3.05, 3.63) is 46.2 Å². The van der Waals surface area contributed by atoms with Gasteiger partial charge in [-0.05, 0) is 31.5 Å². The number of ether oxygens (including phenoxy) is 1. The van der Waals surface area contributed by atoms with E-state index in [4.69, 9.17) is 4.74 Å². The summed E-state index contributed by atoms with van der Waals surface area (Å²) in [4.78, 5) is 23.1. The smallest absolute Gasteiger partial charge is 0.277 e. The number of hydrogen-bond acceptors (Lipinski definition) is 4. The standard InChI is InChI=1S/C16H18N2O3/c1-3-8-18-16(20)13(11-19)10-15(17-18)12-6-5-7-14(9-12)21-4-2/h5-7,9-11H,3-4,8H2,1-2H3. The number of aldehydes is 1. The van der Waals surface area contributed by atoms with Crippen molar-refractivity contribution in [2.24, 2.45) is 0 Å². The van der Waals surface area contributed by atoms with Crippen LogP contribution >= 0.6 is 0 Å². The van der Waals surface area contributed by atoms with E-state index in [9.17, 15) is 9.59 Å². The molecule has 5 nitrogen and oxygen atoms in total. The van der Waals surface area contributed by atoms with E-state index in [2.05, 4.69) is 5.10 Å². The third-order valence-electron chi connectivity index (χ3n) is 3.01. The van der Waals surface area contributed by atoms with Gasteiger partial charge in [0, 0.05) is 12.1 Å². The summed E-state index contributed by atoms with van der Waals surface area (Å²) in [6.07, 6.45) is 1.35. The Labute approximate surface area is 123 Å². The van der Waals surface area contributed by atoms with Crippen molar-refractivity contribution in [1.82, 2.24) is 9.78 Å². The van der Waals surface area contributed by atoms with Crippen LogP contribution in [0.2, 0.25) is 0 Å². The Morgan fingerprint density at radius 2 is 2.10 bits per heavy atom. The van der Waals surface area contributed by atoms with Crippen LogP contribution in [0, 0.1) is 0 Å². The predicted octanol–water partition coefficient (Wildman–Crippen LogP) is 2.53. The van der Waals surface area contributed by atoms with Gasteiger partial charge in [-0.1, -0.05) is 19.1 Å². The van der Waals surface area contributed by atoms with E-state index in [0.29, 0.717) is 25.1 Å². The van der Waals surface area contributed by atoms with Crippen molar-refractivity contribution < 1.29 is 9.53 Å². The quantitative estimate of drug-likeness (QED) is 0.766. The molecule has 0 unspecified atom stereocenters. The van der Waals surface area contributed by atoms with E-state index in [-0.39, 0.29) is 11.1 Å². The third kappa shape index (κ3) is 3.37. The van der Waals surface area contributed by atoms with Crippen LogP contribution in [0.4, 0.5) is 0 Å². The second-order valence-electron chi connectivity index (χ2n) is 4.59. The average Bonchev–Trinajstić information content (AvgIpc) is 2.50. The third-order valence-corrected chi connectivity index (χ3v) is 3.01. The van der Waals surface area contributed by atoms with Gasteiger partial charge in [0.05, 0.1) is 17.9 Å². The van der Waals surface area contributed by atoms with Crippen LogP contribution in [0.15, 0.2) is 35.1 Å². The van der Waals surface area contributed by atoms with E-state index in [1.165, 1.54) is 10.7 Å². The van der Waals surface area contributed by atoms with Crippen LogP contribution < -0.4 is 10.3 Å². The van der Waals surface area contributed by atoms with Crippen molar-refractivity contribution in [2.45, 2.75) is 26.8 Å². The molecule has 0 spiro atoms. The fourth-order valence-corrected chi connectivity index (χ4v) is 2.06. The van der Waals surface area contributed by atoms with Gasteiger partial charge in [-0.15, -0.1) is 0 Å². The summed E-state index contributed by atoms with van der Waals surface area (Å²) in [6.45, 7) is 4.93. The summed E-state index contributed by atoms with van der Waals surface area (Å²) >= 11 is 0. The molecule has 0 saturated carbocycles. The summed E-state index contributed by atoms with van der Waals surface area (Å²) in [7, 11) is 0. The average molecular weight is 286 g/mol. The molecule has 0 atom stereocenters. The lowest BCUT2D eigenvalue weighted by Crippen LogP contribution is -2.26. The van der Waals surface area contributed by atoms with E-state index < -0.39 is 0 Å². The highest BCUT2D eigenvalue weighted by Gasteiger charge is 2.09. The fraction of sp³-hybridized carbons (Fsp3) is 0.312. The molecule has 5 heteroatoms. The molecule has 1 aromatic heterocycles. The number of rotatable bonds is 6. The minimum absolute atomic E-state index is 0.121. The second-order valence-corrected chi connectivity index (χ2v) is 4.59. The van der Waals surface area contributed by atoms with Crippen LogP contribution in [0.25, 0.3) is 11.3 Å². The minimum Gasteiger partial charge on any atom is -0.494 e. The van der Waals surface area contributed by atoms with E-state index in [0.717, 1.165) is 17.7 Å². The Kier molecular flexibility index (Phi) is 4.87. The largest absolute Gasteiger partial charge is 0.494 e. The second kappa shape index (κ2) is 6.83. The molecule has 1 aromatic carbocycles. The fourth-order valence-electron chi connectivity index (χ4n) is 2.06. The lowest BCUT2D eigenvalue weighted by molar-refractivity contribution is 0.112.